The number of para-hydroxylation sites is 1. The molecule has 1 aliphatic carbocycles. The highest BCUT2D eigenvalue weighted by Crippen LogP contribution is 2.44. The van der Waals surface area contributed by atoms with Gasteiger partial charge in [-0.05, 0) is 125 Å². The number of hydrogen-bond acceptors (Lipinski definition) is 2. The summed E-state index contributed by atoms with van der Waals surface area (Å²) in [5, 5.41) is 10.1. The zero-order chi connectivity index (χ0) is 33.6. The molecule has 0 heterocycles. The fourth-order valence-electron chi connectivity index (χ4n) is 7.91. The van der Waals surface area contributed by atoms with Crippen molar-refractivity contribution in [3.63, 3.8) is 0 Å². The molecule has 8 aromatic carbocycles. The van der Waals surface area contributed by atoms with Gasteiger partial charge >= 0.3 is 0 Å². The fraction of sp³-hybridized carbons (Fsp3) is 0.0833. The Bertz CT molecular complexity index is 2620. The standard InChI is InChI=1S/C48H38N2/c1-33-41-29-27-39(49(37-19-5-3-6-20-37)47-25-13-17-35-15-9-11-23-43(35)47)31-45(41)34(2)46-32-40(28-30-42(33)46)50(38-21-7-4-8-22-38)48-26-14-18-36-16-10-12-24-44(36)48/h3,5-7,9-32H,4,8H2,1-2H3. The lowest BCUT2D eigenvalue weighted by atomic mass is 9.92. The first kappa shape index (κ1) is 30.0. The average Bonchev–Trinajstić information content (AvgIpc) is 3.18. The Balaban J connectivity index is 1.25. The summed E-state index contributed by atoms with van der Waals surface area (Å²) >= 11 is 0. The van der Waals surface area contributed by atoms with Gasteiger partial charge in [-0.25, -0.2) is 0 Å². The summed E-state index contributed by atoms with van der Waals surface area (Å²) in [4.78, 5) is 4.85. The van der Waals surface area contributed by atoms with Crippen LogP contribution in [0.3, 0.4) is 0 Å². The van der Waals surface area contributed by atoms with Gasteiger partial charge in [0.05, 0.1) is 11.4 Å². The minimum absolute atomic E-state index is 1.04. The van der Waals surface area contributed by atoms with Crippen LogP contribution in [-0.2, 0) is 0 Å². The van der Waals surface area contributed by atoms with E-state index in [9.17, 15) is 0 Å². The van der Waals surface area contributed by atoms with E-state index in [1.54, 1.807) is 0 Å². The summed E-state index contributed by atoms with van der Waals surface area (Å²) in [6.45, 7) is 4.57. The summed E-state index contributed by atoms with van der Waals surface area (Å²) in [5.41, 5.74) is 9.65. The van der Waals surface area contributed by atoms with Gasteiger partial charge in [-0.2, -0.15) is 0 Å². The third kappa shape index (κ3) is 5.04. The summed E-state index contributed by atoms with van der Waals surface area (Å²) in [6.07, 6.45) is 9.08. The van der Waals surface area contributed by atoms with Gasteiger partial charge in [-0.3, -0.25) is 0 Å². The molecular weight excluding hydrogens is 605 g/mol. The van der Waals surface area contributed by atoms with Crippen molar-refractivity contribution in [2.75, 3.05) is 9.80 Å². The van der Waals surface area contributed by atoms with E-state index < -0.39 is 0 Å². The SMILES string of the molecule is Cc1c2ccc(N(C3=CCCC=C3)c3cccc4ccccc34)cc2c(C)c2cc(N(c3ccccc3)c3cccc4ccccc34)ccc12. The summed E-state index contributed by atoms with van der Waals surface area (Å²) < 4.78 is 0. The molecule has 0 aliphatic heterocycles. The van der Waals surface area contributed by atoms with Crippen molar-refractivity contribution in [1.82, 2.24) is 0 Å². The molecule has 0 N–H and O–H groups in total. The maximum atomic E-state index is 2.45. The summed E-state index contributed by atoms with van der Waals surface area (Å²) in [5.74, 6) is 0. The molecule has 8 aromatic rings. The quantitative estimate of drug-likeness (QED) is 0.167. The Morgan fingerprint density at radius 1 is 0.400 bits per heavy atom. The first-order valence-corrected chi connectivity index (χ1v) is 17.6. The van der Waals surface area contributed by atoms with Gasteiger partial charge < -0.3 is 9.80 Å². The van der Waals surface area contributed by atoms with E-state index in [4.69, 9.17) is 0 Å². The fourth-order valence-corrected chi connectivity index (χ4v) is 7.91. The largest absolute Gasteiger partial charge is 0.310 e. The molecule has 9 rings (SSSR count). The number of hydrogen-bond donors (Lipinski definition) is 0. The molecule has 0 amide bonds. The number of nitrogens with zero attached hydrogens (tertiary/aromatic N) is 2. The normalized spacial score (nSPS) is 12.9. The first-order chi connectivity index (χ1) is 24.7. The Kier molecular flexibility index (Phi) is 7.43. The molecule has 0 radical (unpaired) electrons. The van der Waals surface area contributed by atoms with Gasteiger partial charge in [-0.1, -0.05) is 115 Å². The van der Waals surface area contributed by atoms with Gasteiger partial charge in [0.15, 0.2) is 0 Å². The van der Waals surface area contributed by atoms with Crippen molar-refractivity contribution in [3.8, 4) is 0 Å². The molecule has 0 aromatic heterocycles. The molecule has 50 heavy (non-hydrogen) atoms. The van der Waals surface area contributed by atoms with Crippen LogP contribution in [0.25, 0.3) is 43.1 Å². The maximum Gasteiger partial charge on any atom is 0.0540 e. The second kappa shape index (κ2) is 12.4. The van der Waals surface area contributed by atoms with Crippen LogP contribution in [0.5, 0.6) is 0 Å². The molecule has 0 spiro atoms. The molecule has 0 saturated carbocycles. The third-order valence-corrected chi connectivity index (χ3v) is 10.4. The molecule has 0 saturated heterocycles. The predicted molar refractivity (Wildman–Crippen MR) is 216 cm³/mol. The van der Waals surface area contributed by atoms with Crippen molar-refractivity contribution < 1.29 is 0 Å². The first-order valence-electron chi connectivity index (χ1n) is 17.6. The molecule has 0 unspecified atom stereocenters. The molecular formula is C48H38N2. The minimum Gasteiger partial charge on any atom is -0.310 e. The van der Waals surface area contributed by atoms with E-state index in [1.165, 1.54) is 77.0 Å². The van der Waals surface area contributed by atoms with Gasteiger partial charge in [0.1, 0.15) is 0 Å². The predicted octanol–water partition coefficient (Wildman–Crippen LogP) is 13.8. The monoisotopic (exact) mass is 642 g/mol. The van der Waals surface area contributed by atoms with Crippen molar-refractivity contribution in [2.24, 2.45) is 0 Å². The van der Waals surface area contributed by atoms with Gasteiger partial charge in [-0.15, -0.1) is 0 Å². The average molecular weight is 643 g/mol. The number of anilines is 5. The second-order valence-electron chi connectivity index (χ2n) is 13.3. The van der Waals surface area contributed by atoms with Crippen LogP contribution in [0.4, 0.5) is 28.4 Å². The van der Waals surface area contributed by atoms with Crippen LogP contribution in [0.1, 0.15) is 24.0 Å². The zero-order valence-corrected chi connectivity index (χ0v) is 28.5. The second-order valence-corrected chi connectivity index (χ2v) is 13.3. The summed E-state index contributed by atoms with van der Waals surface area (Å²) in [6, 6.07) is 55.4. The van der Waals surface area contributed by atoms with Crippen LogP contribution < -0.4 is 9.80 Å². The molecule has 2 nitrogen and oxygen atoms in total. The Morgan fingerprint density at radius 2 is 0.920 bits per heavy atom. The number of fused-ring (bicyclic) bond motifs is 4. The van der Waals surface area contributed by atoms with E-state index in [1.807, 2.05) is 0 Å². The highest BCUT2D eigenvalue weighted by atomic mass is 15.2. The maximum absolute atomic E-state index is 2.45. The van der Waals surface area contributed by atoms with Crippen LogP contribution in [0, 0.1) is 13.8 Å². The molecule has 1 aliphatic rings. The van der Waals surface area contributed by atoms with Crippen molar-refractivity contribution in [1.29, 1.82) is 0 Å². The van der Waals surface area contributed by atoms with Crippen LogP contribution in [0.2, 0.25) is 0 Å². The Morgan fingerprint density at radius 3 is 1.52 bits per heavy atom. The number of allylic oxidation sites excluding steroid dienone is 3. The van der Waals surface area contributed by atoms with E-state index >= 15 is 0 Å². The van der Waals surface area contributed by atoms with Crippen LogP contribution in [-0.4, -0.2) is 0 Å². The molecule has 0 bridgehead atoms. The van der Waals surface area contributed by atoms with E-state index in [2.05, 4.69) is 194 Å². The molecule has 240 valence electrons. The lowest BCUT2D eigenvalue weighted by molar-refractivity contribution is 0.998. The van der Waals surface area contributed by atoms with Gasteiger partial charge in [0.25, 0.3) is 0 Å². The zero-order valence-electron chi connectivity index (χ0n) is 28.5. The molecule has 0 atom stereocenters. The smallest absolute Gasteiger partial charge is 0.0540 e. The van der Waals surface area contributed by atoms with Crippen LogP contribution in [0.15, 0.2) is 176 Å². The van der Waals surface area contributed by atoms with E-state index in [0.717, 1.165) is 24.2 Å². The highest BCUT2D eigenvalue weighted by molar-refractivity contribution is 6.09. The number of rotatable bonds is 6. The topological polar surface area (TPSA) is 6.48 Å². The van der Waals surface area contributed by atoms with Gasteiger partial charge in [0.2, 0.25) is 0 Å². The summed E-state index contributed by atoms with van der Waals surface area (Å²) in [7, 11) is 0. The molecule has 2 heteroatoms. The Labute approximate surface area is 293 Å². The van der Waals surface area contributed by atoms with Crippen molar-refractivity contribution >= 4 is 71.5 Å². The van der Waals surface area contributed by atoms with Crippen molar-refractivity contribution in [2.45, 2.75) is 26.7 Å². The van der Waals surface area contributed by atoms with Crippen molar-refractivity contribution in [3.05, 3.63) is 187 Å². The lowest BCUT2D eigenvalue weighted by Crippen LogP contribution is -2.16. The van der Waals surface area contributed by atoms with Crippen LogP contribution >= 0.6 is 0 Å². The van der Waals surface area contributed by atoms with E-state index in [-0.39, 0.29) is 0 Å². The molecule has 0 fully saturated rings. The Hall–Kier alpha value is -6.12. The minimum atomic E-state index is 1.04. The highest BCUT2D eigenvalue weighted by Gasteiger charge is 2.20. The lowest BCUT2D eigenvalue weighted by Gasteiger charge is -2.29. The number of aryl methyl sites for hydroxylation is 2. The number of benzene rings is 8. The van der Waals surface area contributed by atoms with E-state index in [0.29, 0.717) is 0 Å². The third-order valence-electron chi connectivity index (χ3n) is 10.4. The van der Waals surface area contributed by atoms with Gasteiger partial charge in [0, 0.05) is 33.5 Å².